The Hall–Kier alpha value is -1.14. The lowest BCUT2D eigenvalue weighted by atomic mass is 10.0. The molecule has 0 radical (unpaired) electrons. The van der Waals surface area contributed by atoms with Crippen molar-refractivity contribution in [2.24, 2.45) is 0 Å². The third-order valence-corrected chi connectivity index (χ3v) is 4.62. The lowest BCUT2D eigenvalue weighted by Gasteiger charge is -2.40. The third-order valence-electron chi connectivity index (χ3n) is 4.36. The average molecular weight is 354 g/mol. The minimum absolute atomic E-state index is 0.0489. The SMILES string of the molecule is CN(CC(=O)NCC(C)(C)N1CCOCC1)Cc1ccc(Cl)cc1. The Kier molecular flexibility index (Phi) is 7.04. The van der Waals surface area contributed by atoms with Crippen molar-refractivity contribution in [3.63, 3.8) is 0 Å². The van der Waals surface area contributed by atoms with Crippen LogP contribution in [0.3, 0.4) is 0 Å². The number of halogens is 1. The van der Waals surface area contributed by atoms with Gasteiger partial charge in [0, 0.05) is 36.7 Å². The Balaban J connectivity index is 1.74. The van der Waals surface area contributed by atoms with Gasteiger partial charge in [-0.05, 0) is 38.6 Å². The topological polar surface area (TPSA) is 44.8 Å². The molecule has 0 aromatic heterocycles. The van der Waals surface area contributed by atoms with E-state index in [1.54, 1.807) is 0 Å². The Morgan fingerprint density at radius 3 is 2.54 bits per heavy atom. The molecule has 0 aliphatic carbocycles. The van der Waals surface area contributed by atoms with E-state index in [0.29, 0.717) is 13.1 Å². The van der Waals surface area contributed by atoms with E-state index in [0.717, 1.165) is 43.4 Å². The minimum Gasteiger partial charge on any atom is -0.379 e. The van der Waals surface area contributed by atoms with E-state index in [2.05, 4.69) is 24.1 Å². The first-order valence-corrected chi connectivity index (χ1v) is 8.77. The second-order valence-electron chi connectivity index (χ2n) is 6.99. The molecule has 6 heteroatoms. The van der Waals surface area contributed by atoms with Gasteiger partial charge in [0.1, 0.15) is 0 Å². The Morgan fingerprint density at radius 2 is 1.92 bits per heavy atom. The van der Waals surface area contributed by atoms with Gasteiger partial charge in [-0.2, -0.15) is 0 Å². The summed E-state index contributed by atoms with van der Waals surface area (Å²) in [6, 6.07) is 7.71. The van der Waals surface area contributed by atoms with Gasteiger partial charge in [0.05, 0.1) is 19.8 Å². The fraction of sp³-hybridized carbons (Fsp3) is 0.611. The number of amides is 1. The molecule has 1 fully saturated rings. The number of likely N-dealkylation sites (N-methyl/N-ethyl adjacent to an activating group) is 1. The van der Waals surface area contributed by atoms with Crippen molar-refractivity contribution >= 4 is 17.5 Å². The average Bonchev–Trinajstić information content (AvgIpc) is 2.56. The highest BCUT2D eigenvalue weighted by Crippen LogP contribution is 2.15. The van der Waals surface area contributed by atoms with Crippen LogP contribution in [0.25, 0.3) is 0 Å². The Morgan fingerprint density at radius 1 is 1.29 bits per heavy atom. The van der Waals surface area contributed by atoms with Crippen molar-refractivity contribution in [1.29, 1.82) is 0 Å². The molecule has 134 valence electrons. The molecule has 0 bridgehead atoms. The van der Waals surface area contributed by atoms with Crippen molar-refractivity contribution in [3.8, 4) is 0 Å². The van der Waals surface area contributed by atoms with Crippen LogP contribution in [0.5, 0.6) is 0 Å². The Labute approximate surface area is 149 Å². The number of carbonyl (C=O) groups is 1. The molecule has 1 amide bonds. The van der Waals surface area contributed by atoms with E-state index in [9.17, 15) is 4.79 Å². The number of ether oxygens (including phenoxy) is 1. The van der Waals surface area contributed by atoms with Gasteiger partial charge in [0.2, 0.25) is 5.91 Å². The maximum absolute atomic E-state index is 12.2. The van der Waals surface area contributed by atoms with Crippen molar-refractivity contribution in [2.45, 2.75) is 25.9 Å². The highest BCUT2D eigenvalue weighted by molar-refractivity contribution is 6.30. The number of hydrogen-bond acceptors (Lipinski definition) is 4. The summed E-state index contributed by atoms with van der Waals surface area (Å²) in [4.78, 5) is 16.6. The summed E-state index contributed by atoms with van der Waals surface area (Å²) in [5.74, 6) is 0.0489. The zero-order valence-electron chi connectivity index (χ0n) is 14.8. The molecular formula is C18H28ClN3O2. The van der Waals surface area contributed by atoms with Gasteiger partial charge >= 0.3 is 0 Å². The van der Waals surface area contributed by atoms with Crippen LogP contribution in [0.4, 0.5) is 0 Å². The molecule has 1 aromatic rings. The quantitative estimate of drug-likeness (QED) is 0.814. The molecule has 0 saturated carbocycles. The number of rotatable bonds is 7. The molecule has 1 N–H and O–H groups in total. The zero-order chi connectivity index (χ0) is 17.6. The predicted octanol–water partition coefficient (Wildman–Crippen LogP) is 2.00. The summed E-state index contributed by atoms with van der Waals surface area (Å²) in [5.41, 5.74) is 1.08. The van der Waals surface area contributed by atoms with Crippen molar-refractivity contribution in [2.75, 3.05) is 46.4 Å². The maximum atomic E-state index is 12.2. The number of hydrogen-bond donors (Lipinski definition) is 1. The van der Waals surface area contributed by atoms with Crippen LogP contribution >= 0.6 is 11.6 Å². The van der Waals surface area contributed by atoms with Gasteiger partial charge < -0.3 is 10.1 Å². The van der Waals surface area contributed by atoms with Crippen LogP contribution < -0.4 is 5.32 Å². The molecule has 1 aliphatic heterocycles. The van der Waals surface area contributed by atoms with Crippen LogP contribution in [0.2, 0.25) is 5.02 Å². The fourth-order valence-corrected chi connectivity index (χ4v) is 2.98. The van der Waals surface area contributed by atoms with Gasteiger partial charge in [-0.1, -0.05) is 23.7 Å². The molecule has 5 nitrogen and oxygen atoms in total. The normalized spacial score (nSPS) is 16.4. The lowest BCUT2D eigenvalue weighted by molar-refractivity contribution is -0.122. The van der Waals surface area contributed by atoms with Crippen molar-refractivity contribution < 1.29 is 9.53 Å². The first-order valence-electron chi connectivity index (χ1n) is 8.39. The molecule has 1 heterocycles. The first-order chi connectivity index (χ1) is 11.4. The van der Waals surface area contributed by atoms with Crippen LogP contribution in [-0.4, -0.2) is 67.7 Å². The van der Waals surface area contributed by atoms with E-state index in [1.165, 1.54) is 0 Å². The van der Waals surface area contributed by atoms with Gasteiger partial charge in [0.25, 0.3) is 0 Å². The predicted molar refractivity (Wildman–Crippen MR) is 97.3 cm³/mol. The third kappa shape index (κ3) is 6.06. The number of nitrogens with one attached hydrogen (secondary N) is 1. The van der Waals surface area contributed by atoms with Gasteiger partial charge in [0.15, 0.2) is 0 Å². The second-order valence-corrected chi connectivity index (χ2v) is 7.42. The van der Waals surface area contributed by atoms with E-state index < -0.39 is 0 Å². The second kappa shape index (κ2) is 8.81. The lowest BCUT2D eigenvalue weighted by Crippen LogP contribution is -2.56. The number of carbonyl (C=O) groups excluding carboxylic acids is 1. The largest absolute Gasteiger partial charge is 0.379 e. The summed E-state index contributed by atoms with van der Waals surface area (Å²) in [7, 11) is 1.95. The monoisotopic (exact) mass is 353 g/mol. The molecule has 0 unspecified atom stereocenters. The summed E-state index contributed by atoms with van der Waals surface area (Å²) >= 11 is 5.89. The molecule has 2 rings (SSSR count). The molecule has 0 atom stereocenters. The number of nitrogens with zero attached hydrogens (tertiary/aromatic N) is 2. The van der Waals surface area contributed by atoms with Gasteiger partial charge in [-0.15, -0.1) is 0 Å². The van der Waals surface area contributed by atoms with Crippen LogP contribution in [0.15, 0.2) is 24.3 Å². The zero-order valence-corrected chi connectivity index (χ0v) is 15.6. The van der Waals surface area contributed by atoms with Crippen LogP contribution in [0, 0.1) is 0 Å². The highest BCUT2D eigenvalue weighted by Gasteiger charge is 2.28. The van der Waals surface area contributed by atoms with Gasteiger partial charge in [-0.3, -0.25) is 14.6 Å². The molecular weight excluding hydrogens is 326 g/mol. The highest BCUT2D eigenvalue weighted by atomic mass is 35.5. The minimum atomic E-state index is -0.0613. The first kappa shape index (κ1) is 19.2. The van der Waals surface area contributed by atoms with Gasteiger partial charge in [-0.25, -0.2) is 0 Å². The summed E-state index contributed by atoms with van der Waals surface area (Å²) in [6.07, 6.45) is 0. The molecule has 24 heavy (non-hydrogen) atoms. The number of morpholine rings is 1. The van der Waals surface area contributed by atoms with E-state index in [-0.39, 0.29) is 11.4 Å². The van der Waals surface area contributed by atoms with Crippen LogP contribution in [-0.2, 0) is 16.1 Å². The van der Waals surface area contributed by atoms with E-state index >= 15 is 0 Å². The smallest absolute Gasteiger partial charge is 0.234 e. The molecule has 0 spiro atoms. The number of benzene rings is 1. The van der Waals surface area contributed by atoms with E-state index in [1.807, 2.05) is 36.2 Å². The van der Waals surface area contributed by atoms with Crippen LogP contribution in [0.1, 0.15) is 19.4 Å². The molecule has 1 aliphatic rings. The molecule has 1 aromatic carbocycles. The standard InChI is InChI=1S/C18H28ClN3O2/c1-18(2,22-8-10-24-11-9-22)14-20-17(23)13-21(3)12-15-4-6-16(19)7-5-15/h4-7H,8-14H2,1-3H3,(H,20,23). The fourth-order valence-electron chi connectivity index (χ4n) is 2.85. The summed E-state index contributed by atoms with van der Waals surface area (Å²) in [5, 5.41) is 3.79. The van der Waals surface area contributed by atoms with Crippen molar-refractivity contribution in [3.05, 3.63) is 34.9 Å². The maximum Gasteiger partial charge on any atom is 0.234 e. The summed E-state index contributed by atoms with van der Waals surface area (Å²) < 4.78 is 5.39. The summed E-state index contributed by atoms with van der Waals surface area (Å²) in [6.45, 7) is 9.42. The van der Waals surface area contributed by atoms with Crippen molar-refractivity contribution in [1.82, 2.24) is 15.1 Å². The Bertz CT molecular complexity index is 528. The van der Waals surface area contributed by atoms with E-state index in [4.69, 9.17) is 16.3 Å². The molecule has 1 saturated heterocycles.